The minimum absolute atomic E-state index is 0.0162. The monoisotopic (exact) mass is 414 g/mol. The largest absolute Gasteiger partial charge is 0.493 e. The molecule has 1 atom stereocenters. The first kappa shape index (κ1) is 21.6. The molecule has 1 amide bonds. The normalized spacial score (nSPS) is 15.5. The molecule has 6 nitrogen and oxygen atoms in total. The molecular formula is C23H27FN2O4. The van der Waals surface area contributed by atoms with Crippen molar-refractivity contribution in [3.05, 3.63) is 59.4 Å². The highest BCUT2D eigenvalue weighted by molar-refractivity contribution is 6.01. The number of hydrogen-bond acceptors (Lipinski definition) is 5. The van der Waals surface area contributed by atoms with E-state index in [2.05, 4.69) is 5.16 Å². The Morgan fingerprint density at radius 2 is 1.87 bits per heavy atom. The molecule has 0 spiro atoms. The molecule has 0 fully saturated rings. The van der Waals surface area contributed by atoms with E-state index in [4.69, 9.17) is 14.3 Å². The first-order chi connectivity index (χ1) is 14.4. The molecule has 0 N–H and O–H groups in total. The highest BCUT2D eigenvalue weighted by atomic mass is 19.1. The van der Waals surface area contributed by atoms with Crippen LogP contribution >= 0.6 is 0 Å². The van der Waals surface area contributed by atoms with Crippen LogP contribution in [-0.4, -0.2) is 43.4 Å². The molecule has 2 aromatic rings. The van der Waals surface area contributed by atoms with Crippen LogP contribution < -0.4 is 9.47 Å². The summed E-state index contributed by atoms with van der Waals surface area (Å²) in [5, 5.41) is 4.23. The zero-order chi connectivity index (χ0) is 21.7. The van der Waals surface area contributed by atoms with E-state index in [9.17, 15) is 9.18 Å². The number of rotatable bonds is 8. The quantitative estimate of drug-likeness (QED) is 0.655. The van der Waals surface area contributed by atoms with Gasteiger partial charge in [0.1, 0.15) is 5.82 Å². The van der Waals surface area contributed by atoms with Gasteiger partial charge in [0.05, 0.1) is 26.5 Å². The van der Waals surface area contributed by atoms with Gasteiger partial charge in [-0.25, -0.2) is 4.39 Å². The van der Waals surface area contributed by atoms with E-state index in [0.717, 1.165) is 16.8 Å². The lowest BCUT2D eigenvalue weighted by Gasteiger charge is -2.26. The Morgan fingerprint density at radius 3 is 2.50 bits per heavy atom. The summed E-state index contributed by atoms with van der Waals surface area (Å²) < 4.78 is 23.8. The lowest BCUT2D eigenvalue weighted by Crippen LogP contribution is -2.39. The van der Waals surface area contributed by atoms with Crippen molar-refractivity contribution in [2.45, 2.75) is 32.9 Å². The van der Waals surface area contributed by atoms with E-state index in [1.807, 2.05) is 32.0 Å². The Bertz CT molecular complexity index is 912. The highest BCUT2D eigenvalue weighted by Crippen LogP contribution is 2.29. The van der Waals surface area contributed by atoms with Crippen molar-refractivity contribution in [2.75, 3.05) is 20.8 Å². The number of carbonyl (C=O) groups is 1. The molecule has 1 aliphatic rings. The number of benzene rings is 2. The third-order valence-electron chi connectivity index (χ3n) is 4.97. The van der Waals surface area contributed by atoms with Gasteiger partial charge in [-0.3, -0.25) is 4.79 Å². The van der Waals surface area contributed by atoms with Crippen LogP contribution in [0.2, 0.25) is 0 Å². The van der Waals surface area contributed by atoms with Crippen molar-refractivity contribution in [1.29, 1.82) is 0 Å². The van der Waals surface area contributed by atoms with Crippen LogP contribution in [0, 0.1) is 11.7 Å². The number of ether oxygens (including phenoxy) is 2. The Hall–Kier alpha value is -3.09. The van der Waals surface area contributed by atoms with Gasteiger partial charge in [-0.15, -0.1) is 0 Å². The topological polar surface area (TPSA) is 60.4 Å². The summed E-state index contributed by atoms with van der Waals surface area (Å²) in [6.07, 6.45) is 0.317. The minimum atomic E-state index is -0.299. The van der Waals surface area contributed by atoms with Gasteiger partial charge in [-0.05, 0) is 35.9 Å². The molecule has 3 rings (SSSR count). The van der Waals surface area contributed by atoms with Gasteiger partial charge in [0.2, 0.25) is 5.91 Å². The molecule has 0 aromatic heterocycles. The van der Waals surface area contributed by atoms with E-state index >= 15 is 0 Å². The molecule has 30 heavy (non-hydrogen) atoms. The summed E-state index contributed by atoms with van der Waals surface area (Å²) in [7, 11) is 3.17. The third-order valence-corrected chi connectivity index (χ3v) is 4.97. The number of methoxy groups -OCH3 is 2. The average Bonchev–Trinajstić information content (AvgIpc) is 3.22. The lowest BCUT2D eigenvalue weighted by molar-refractivity contribution is -0.136. The fraction of sp³-hybridized carbons (Fsp3) is 0.391. The number of oxime groups is 1. The smallest absolute Gasteiger partial charge is 0.225 e. The number of halogens is 1. The average molecular weight is 414 g/mol. The van der Waals surface area contributed by atoms with Crippen LogP contribution in [0.15, 0.2) is 47.6 Å². The van der Waals surface area contributed by atoms with Crippen molar-refractivity contribution in [3.8, 4) is 11.5 Å². The summed E-state index contributed by atoms with van der Waals surface area (Å²) in [6.45, 7) is 4.51. The SMILES string of the molecule is COc1ccc(C2=NO[C@@H](CN(Cc3ccc(F)cc3)C(=O)C(C)C)C2)cc1OC. The van der Waals surface area contributed by atoms with Crippen LogP contribution in [0.3, 0.4) is 0 Å². The van der Waals surface area contributed by atoms with Gasteiger partial charge in [0.15, 0.2) is 17.6 Å². The highest BCUT2D eigenvalue weighted by Gasteiger charge is 2.28. The van der Waals surface area contributed by atoms with Gasteiger partial charge >= 0.3 is 0 Å². The van der Waals surface area contributed by atoms with E-state index in [1.165, 1.54) is 12.1 Å². The second-order valence-electron chi connectivity index (χ2n) is 7.54. The molecule has 160 valence electrons. The van der Waals surface area contributed by atoms with Crippen LogP contribution in [0.5, 0.6) is 11.5 Å². The van der Waals surface area contributed by atoms with Crippen LogP contribution in [-0.2, 0) is 16.2 Å². The second kappa shape index (κ2) is 9.61. The van der Waals surface area contributed by atoms with Crippen molar-refractivity contribution < 1.29 is 23.5 Å². The molecule has 7 heteroatoms. The Labute approximate surface area is 176 Å². The maximum absolute atomic E-state index is 13.2. The number of amides is 1. The molecule has 1 heterocycles. The standard InChI is InChI=1S/C23H27FN2O4/c1-15(2)23(27)26(13-16-5-8-18(24)9-6-16)14-19-12-20(25-30-19)17-7-10-21(28-3)22(11-17)29-4/h5-11,15,19H,12-14H2,1-4H3/t19-/m1/s1. The first-order valence-corrected chi connectivity index (χ1v) is 9.89. The van der Waals surface area contributed by atoms with Gasteiger partial charge in [-0.2, -0.15) is 0 Å². The van der Waals surface area contributed by atoms with E-state index < -0.39 is 0 Å². The van der Waals surface area contributed by atoms with Crippen LogP contribution in [0.1, 0.15) is 31.4 Å². The fourth-order valence-corrected chi connectivity index (χ4v) is 3.37. The molecule has 0 saturated carbocycles. The minimum Gasteiger partial charge on any atom is -0.493 e. The van der Waals surface area contributed by atoms with Crippen molar-refractivity contribution in [2.24, 2.45) is 11.1 Å². The van der Waals surface area contributed by atoms with Gasteiger partial charge in [-0.1, -0.05) is 31.1 Å². The Kier molecular flexibility index (Phi) is 6.92. The number of nitrogens with zero attached hydrogens (tertiary/aromatic N) is 2. The van der Waals surface area contributed by atoms with Crippen molar-refractivity contribution in [3.63, 3.8) is 0 Å². The first-order valence-electron chi connectivity index (χ1n) is 9.89. The Morgan fingerprint density at radius 1 is 1.17 bits per heavy atom. The molecule has 0 bridgehead atoms. The van der Waals surface area contributed by atoms with Crippen LogP contribution in [0.25, 0.3) is 0 Å². The van der Waals surface area contributed by atoms with Crippen molar-refractivity contribution in [1.82, 2.24) is 4.90 Å². The molecule has 0 unspecified atom stereocenters. The molecule has 1 aliphatic heterocycles. The summed E-state index contributed by atoms with van der Waals surface area (Å²) in [5.74, 6) is 0.826. The van der Waals surface area contributed by atoms with Gasteiger partial charge in [0.25, 0.3) is 0 Å². The molecule has 0 saturated heterocycles. The summed E-state index contributed by atoms with van der Waals surface area (Å²) in [6, 6.07) is 11.8. The van der Waals surface area contributed by atoms with Crippen molar-refractivity contribution >= 4 is 11.6 Å². The number of hydrogen-bond donors (Lipinski definition) is 0. The zero-order valence-corrected chi connectivity index (χ0v) is 17.7. The molecule has 0 radical (unpaired) electrons. The maximum atomic E-state index is 13.2. The van der Waals surface area contributed by atoms with E-state index in [1.54, 1.807) is 31.3 Å². The predicted molar refractivity (Wildman–Crippen MR) is 112 cm³/mol. The van der Waals surface area contributed by atoms with Gasteiger partial charge < -0.3 is 19.2 Å². The maximum Gasteiger partial charge on any atom is 0.225 e. The molecular weight excluding hydrogens is 387 g/mol. The zero-order valence-electron chi connectivity index (χ0n) is 17.7. The Balaban J connectivity index is 1.69. The fourth-order valence-electron chi connectivity index (χ4n) is 3.37. The number of carbonyl (C=O) groups excluding carboxylic acids is 1. The summed E-state index contributed by atoms with van der Waals surface area (Å²) in [4.78, 5) is 20.1. The molecule has 0 aliphatic carbocycles. The second-order valence-corrected chi connectivity index (χ2v) is 7.54. The third kappa shape index (κ3) is 5.09. The van der Waals surface area contributed by atoms with Crippen LogP contribution in [0.4, 0.5) is 4.39 Å². The van der Waals surface area contributed by atoms with Gasteiger partial charge in [0, 0.05) is 24.4 Å². The lowest BCUT2D eigenvalue weighted by atomic mass is 10.0. The summed E-state index contributed by atoms with van der Waals surface area (Å²) >= 11 is 0. The van der Waals surface area contributed by atoms with E-state index in [-0.39, 0.29) is 23.7 Å². The molecule has 2 aromatic carbocycles. The van der Waals surface area contributed by atoms with E-state index in [0.29, 0.717) is 31.0 Å². The predicted octanol–water partition coefficient (Wildman–Crippen LogP) is 4.02. The summed E-state index contributed by atoms with van der Waals surface area (Å²) in [5.41, 5.74) is 2.54.